The zero-order valence-corrected chi connectivity index (χ0v) is 43.0. The zero-order valence-electron chi connectivity index (χ0n) is 42.1. The number of allylic oxidation sites excluding steroid dienone is 10. The Morgan fingerprint density at radius 1 is 0.569 bits per heavy atom. The summed E-state index contributed by atoms with van der Waals surface area (Å²) >= 11 is 0. The molecule has 0 aromatic carbocycles. The molecule has 2 unspecified atom stereocenters. The van der Waals surface area contributed by atoms with E-state index in [1.807, 2.05) is 63.7 Å². The topological polar surface area (TPSA) is 129 Å². The Balaban J connectivity index is 4.39. The van der Waals surface area contributed by atoms with Gasteiger partial charge in [0.05, 0.1) is 33.9 Å². The molecule has 2 N–H and O–H groups in total. The van der Waals surface area contributed by atoms with E-state index in [0.29, 0.717) is 30.3 Å². The summed E-state index contributed by atoms with van der Waals surface area (Å²) in [6, 6.07) is 0. The molecule has 0 amide bonds. The number of phosphoric ester groups is 1. The molecule has 0 aliphatic heterocycles. The maximum Gasteiger partial charge on any atom is 0.472 e. The fourth-order valence-electron chi connectivity index (χ4n) is 6.83. The van der Waals surface area contributed by atoms with Crippen LogP contribution in [0, 0.1) is 0 Å². The molecule has 0 heterocycles. The lowest BCUT2D eigenvalue weighted by Crippen LogP contribution is -2.37. The summed E-state index contributed by atoms with van der Waals surface area (Å²) in [5, 5.41) is 10.0. The molecule has 0 fully saturated rings. The fraction of sp³-hybridized carbons (Fsp3) is 0.741. The molecule has 0 aliphatic rings. The molecule has 0 spiro atoms. The summed E-state index contributed by atoms with van der Waals surface area (Å²) in [5.74, 6) is -0.923. The van der Waals surface area contributed by atoms with Crippen LogP contribution in [0.2, 0.25) is 0 Å². The Morgan fingerprint density at radius 3 is 1.60 bits per heavy atom. The highest BCUT2D eigenvalue weighted by atomic mass is 31.2. The monoisotopic (exact) mass is 935 g/mol. The Labute approximate surface area is 398 Å². The molecule has 0 bridgehead atoms. The Kier molecular flexibility index (Phi) is 43.4. The first kappa shape index (κ1) is 62.4. The number of aliphatic hydroxyl groups is 1. The van der Waals surface area contributed by atoms with E-state index in [1.54, 1.807) is 6.08 Å². The lowest BCUT2D eigenvalue weighted by Gasteiger charge is -2.24. The van der Waals surface area contributed by atoms with Gasteiger partial charge in [0.25, 0.3) is 0 Å². The van der Waals surface area contributed by atoms with Crippen LogP contribution < -0.4 is 0 Å². The fourth-order valence-corrected chi connectivity index (χ4v) is 7.57. The van der Waals surface area contributed by atoms with Gasteiger partial charge >= 0.3 is 19.8 Å². The minimum atomic E-state index is -4.41. The van der Waals surface area contributed by atoms with Gasteiger partial charge in [0.15, 0.2) is 6.10 Å². The van der Waals surface area contributed by atoms with Gasteiger partial charge in [-0.3, -0.25) is 18.6 Å². The highest BCUT2D eigenvalue weighted by Crippen LogP contribution is 2.43. The van der Waals surface area contributed by atoms with Gasteiger partial charge in [-0.2, -0.15) is 0 Å². The van der Waals surface area contributed by atoms with Crippen molar-refractivity contribution in [3.63, 3.8) is 0 Å². The number of nitrogens with zero attached hydrogens (tertiary/aromatic N) is 1. The first-order chi connectivity index (χ1) is 31.4. The lowest BCUT2D eigenvalue weighted by atomic mass is 10.0. The number of aliphatic hydroxyl groups excluding tert-OH is 1. The molecule has 376 valence electrons. The maximum atomic E-state index is 12.8. The second-order valence-corrected chi connectivity index (χ2v) is 19.8. The van der Waals surface area contributed by atoms with Crippen molar-refractivity contribution in [2.75, 3.05) is 47.5 Å². The van der Waals surface area contributed by atoms with E-state index in [1.165, 1.54) is 109 Å². The number of carbonyl (C=O) groups excluding carboxylic acids is 2. The number of likely N-dealkylation sites (N-methyl/N-ethyl adjacent to an activating group) is 1. The predicted octanol–water partition coefficient (Wildman–Crippen LogP) is 14.3. The van der Waals surface area contributed by atoms with E-state index in [0.717, 1.165) is 44.9 Å². The van der Waals surface area contributed by atoms with Gasteiger partial charge in [0.2, 0.25) is 0 Å². The van der Waals surface area contributed by atoms with Gasteiger partial charge in [-0.25, -0.2) is 4.57 Å². The second-order valence-electron chi connectivity index (χ2n) is 18.4. The molecular formula is C54H97NO9P+. The third kappa shape index (κ3) is 49.1. The summed E-state index contributed by atoms with van der Waals surface area (Å²) in [5.41, 5.74) is 0. The minimum Gasteiger partial charge on any atom is -0.462 e. The van der Waals surface area contributed by atoms with Crippen LogP contribution in [0.25, 0.3) is 0 Å². The van der Waals surface area contributed by atoms with E-state index in [-0.39, 0.29) is 26.1 Å². The third-order valence-electron chi connectivity index (χ3n) is 10.8. The van der Waals surface area contributed by atoms with Crippen molar-refractivity contribution in [2.24, 2.45) is 0 Å². The summed E-state index contributed by atoms with van der Waals surface area (Å²) in [4.78, 5) is 35.5. The maximum absolute atomic E-state index is 12.8. The molecule has 10 nitrogen and oxygen atoms in total. The van der Waals surface area contributed by atoms with E-state index in [2.05, 4.69) is 38.2 Å². The first-order valence-corrected chi connectivity index (χ1v) is 27.3. The predicted molar refractivity (Wildman–Crippen MR) is 272 cm³/mol. The molecule has 0 saturated heterocycles. The van der Waals surface area contributed by atoms with Crippen molar-refractivity contribution in [3.05, 3.63) is 72.9 Å². The van der Waals surface area contributed by atoms with Gasteiger partial charge < -0.3 is 24.0 Å². The third-order valence-corrected chi connectivity index (χ3v) is 11.8. The van der Waals surface area contributed by atoms with Crippen LogP contribution >= 0.6 is 7.82 Å². The number of hydrogen-bond donors (Lipinski definition) is 2. The number of hydrogen-bond acceptors (Lipinski definition) is 8. The summed E-state index contributed by atoms with van der Waals surface area (Å²) in [7, 11) is 1.41. The van der Waals surface area contributed by atoms with Crippen molar-refractivity contribution in [3.8, 4) is 0 Å². The molecule has 0 aromatic rings. The molecule has 0 radical (unpaired) electrons. The van der Waals surface area contributed by atoms with Crippen LogP contribution in [0.5, 0.6) is 0 Å². The van der Waals surface area contributed by atoms with Crippen LogP contribution in [0.1, 0.15) is 200 Å². The van der Waals surface area contributed by atoms with Crippen molar-refractivity contribution >= 4 is 19.8 Å². The summed E-state index contributed by atoms with van der Waals surface area (Å²) in [6.07, 6.45) is 54.3. The normalized spacial score (nSPS) is 14.5. The van der Waals surface area contributed by atoms with E-state index >= 15 is 0 Å². The van der Waals surface area contributed by atoms with Gasteiger partial charge in [-0.1, -0.05) is 215 Å². The molecule has 3 atom stereocenters. The Bertz CT molecular complexity index is 1350. The van der Waals surface area contributed by atoms with Crippen LogP contribution in [-0.2, 0) is 32.7 Å². The van der Waals surface area contributed by atoms with Gasteiger partial charge in [-0.15, -0.1) is 0 Å². The molecule has 0 aliphatic carbocycles. The lowest BCUT2D eigenvalue weighted by molar-refractivity contribution is -0.870. The van der Waals surface area contributed by atoms with E-state index in [4.69, 9.17) is 18.5 Å². The molecule has 0 rings (SSSR count). The van der Waals surface area contributed by atoms with Crippen LogP contribution in [-0.4, -0.2) is 86.1 Å². The molecule has 0 saturated carbocycles. The molecular weight excluding hydrogens is 838 g/mol. The standard InChI is InChI=1S/C54H96NO9P/c1-6-8-10-12-14-15-16-17-18-19-20-21-22-23-24-25-26-31-34-38-42-46-54(58)64-52(50-63-65(59,60)62-48-47-55(3,4)5)49-61-53(57)45-41-37-33-30-28-27-29-32-36-40-44-51(56)43-39-35-13-11-9-7-2/h9,11,27-28,32-33,35-37,39-40,44,51-52,56H,6-8,10,12-26,29-31,34,38,41-43,45-50H2,1-5H3/p+1/b11-9-,28-27-,36-32-,37-33-,39-35-,44-40+/t51?,52-/m1/s1. The number of unbranched alkanes of at least 4 members (excludes halogenated alkanes) is 20. The number of rotatable bonds is 46. The molecule has 0 aromatic heterocycles. The number of ether oxygens (including phenoxy) is 2. The van der Waals surface area contributed by atoms with Crippen molar-refractivity contribution in [1.29, 1.82) is 0 Å². The van der Waals surface area contributed by atoms with Crippen molar-refractivity contribution in [2.45, 2.75) is 212 Å². The Morgan fingerprint density at radius 2 is 1.06 bits per heavy atom. The number of carbonyl (C=O) groups is 2. The van der Waals surface area contributed by atoms with Crippen molar-refractivity contribution in [1.82, 2.24) is 0 Å². The highest BCUT2D eigenvalue weighted by Gasteiger charge is 2.27. The largest absolute Gasteiger partial charge is 0.472 e. The number of quaternary nitrogens is 1. The number of phosphoric acid groups is 1. The van der Waals surface area contributed by atoms with Gasteiger partial charge in [-0.05, 0) is 44.9 Å². The van der Waals surface area contributed by atoms with Crippen LogP contribution in [0.15, 0.2) is 72.9 Å². The molecule has 65 heavy (non-hydrogen) atoms. The highest BCUT2D eigenvalue weighted by molar-refractivity contribution is 7.47. The zero-order chi connectivity index (χ0) is 48.0. The first-order valence-electron chi connectivity index (χ1n) is 25.8. The summed E-state index contributed by atoms with van der Waals surface area (Å²) in [6.45, 7) is 4.16. The van der Waals surface area contributed by atoms with Crippen molar-refractivity contribution < 1.29 is 47.2 Å². The Hall–Kier alpha value is -2.59. The van der Waals surface area contributed by atoms with Gasteiger partial charge in [0.1, 0.15) is 19.8 Å². The molecule has 11 heteroatoms. The van der Waals surface area contributed by atoms with Crippen LogP contribution in [0.3, 0.4) is 0 Å². The minimum absolute atomic E-state index is 0.0103. The smallest absolute Gasteiger partial charge is 0.462 e. The second kappa shape index (κ2) is 45.2. The quantitative estimate of drug-likeness (QED) is 0.0153. The average Bonchev–Trinajstić information content (AvgIpc) is 3.26. The van der Waals surface area contributed by atoms with E-state index < -0.39 is 38.6 Å². The summed E-state index contributed by atoms with van der Waals surface area (Å²) < 4.78 is 34.3. The van der Waals surface area contributed by atoms with E-state index in [9.17, 15) is 24.2 Å². The number of esters is 2. The van der Waals surface area contributed by atoms with Crippen LogP contribution in [0.4, 0.5) is 0 Å². The van der Waals surface area contributed by atoms with Gasteiger partial charge in [0, 0.05) is 12.8 Å². The SMILES string of the molecule is CC/C=C\C/C=C\CC(O)/C=C/C=C\C/C=C\C/C=C\CCC(=O)OC[C@H](COP(=O)(O)OCC[N+](C)(C)C)OC(=O)CCCCCCCCCCCCCCCCCCCCCCC. The average molecular weight is 935 g/mol.